The first kappa shape index (κ1) is 17.5. The van der Waals surface area contributed by atoms with Gasteiger partial charge in [-0.2, -0.15) is 0 Å². The van der Waals surface area contributed by atoms with E-state index in [1.54, 1.807) is 23.2 Å². The second-order valence-corrected chi connectivity index (χ2v) is 6.63. The number of pyridine rings is 1. The van der Waals surface area contributed by atoms with Crippen molar-refractivity contribution in [2.24, 2.45) is 4.99 Å². The molecule has 3 rings (SSSR count). The summed E-state index contributed by atoms with van der Waals surface area (Å²) in [6, 6.07) is 15.2. The fraction of sp³-hybridized carbons (Fsp3) is 0.105. The summed E-state index contributed by atoms with van der Waals surface area (Å²) in [6.07, 6.45) is 5.19. The van der Waals surface area contributed by atoms with Gasteiger partial charge in [-0.25, -0.2) is 9.98 Å². The number of carbonyl (C=O) groups is 1. The first-order valence-electron chi connectivity index (χ1n) is 7.80. The van der Waals surface area contributed by atoms with Crippen LogP contribution in [0, 0.1) is 0 Å². The highest BCUT2D eigenvalue weighted by Crippen LogP contribution is 2.33. The Balaban J connectivity index is 1.87. The molecule has 2 heterocycles. The van der Waals surface area contributed by atoms with Gasteiger partial charge < -0.3 is 0 Å². The summed E-state index contributed by atoms with van der Waals surface area (Å²) in [4.78, 5) is 23.4. The number of aliphatic imine (C=N–C) groups is 1. The van der Waals surface area contributed by atoms with Crippen LogP contribution in [0.5, 0.6) is 0 Å². The van der Waals surface area contributed by atoms with Crippen LogP contribution in [0.15, 0.2) is 75.7 Å². The number of benzene rings is 1. The highest BCUT2D eigenvalue weighted by Gasteiger charge is 2.32. The van der Waals surface area contributed by atoms with Crippen molar-refractivity contribution in [3.8, 4) is 0 Å². The predicted molar refractivity (Wildman–Crippen MR) is 105 cm³/mol. The number of amidine groups is 1. The molecule has 0 unspecified atom stereocenters. The van der Waals surface area contributed by atoms with Gasteiger partial charge in [0, 0.05) is 17.8 Å². The van der Waals surface area contributed by atoms with Crippen molar-refractivity contribution in [2.45, 2.75) is 6.92 Å². The van der Waals surface area contributed by atoms with Gasteiger partial charge >= 0.3 is 0 Å². The number of rotatable bonds is 4. The maximum atomic E-state index is 12.6. The van der Waals surface area contributed by atoms with Gasteiger partial charge in [-0.15, -0.1) is 0 Å². The molecule has 1 fully saturated rings. The fourth-order valence-electron chi connectivity index (χ4n) is 2.26. The minimum Gasteiger partial charge on any atom is -0.287 e. The van der Waals surface area contributed by atoms with Crippen molar-refractivity contribution in [3.05, 3.63) is 76.3 Å². The van der Waals surface area contributed by atoms with Gasteiger partial charge in [0.1, 0.15) is 0 Å². The van der Waals surface area contributed by atoms with Crippen molar-refractivity contribution in [2.75, 3.05) is 6.54 Å². The van der Waals surface area contributed by atoms with E-state index < -0.39 is 0 Å². The van der Waals surface area contributed by atoms with Gasteiger partial charge in [-0.05, 0) is 48.5 Å². The highest BCUT2D eigenvalue weighted by molar-refractivity contribution is 8.18. The molecule has 0 aliphatic carbocycles. The summed E-state index contributed by atoms with van der Waals surface area (Å²) < 4.78 is 0. The average Bonchev–Trinajstić information content (AvgIpc) is 2.91. The van der Waals surface area contributed by atoms with Gasteiger partial charge in [0.25, 0.3) is 5.91 Å². The Morgan fingerprint density at radius 3 is 2.68 bits per heavy atom. The lowest BCUT2D eigenvalue weighted by Gasteiger charge is -2.11. The summed E-state index contributed by atoms with van der Waals surface area (Å²) in [7, 11) is 0. The quantitative estimate of drug-likeness (QED) is 0.725. The third kappa shape index (κ3) is 4.38. The molecule has 1 saturated heterocycles. The smallest absolute Gasteiger partial charge is 0.266 e. The third-order valence-electron chi connectivity index (χ3n) is 3.44. The third-order valence-corrected chi connectivity index (χ3v) is 4.66. The van der Waals surface area contributed by atoms with Crippen LogP contribution in [-0.4, -0.2) is 27.5 Å². The SMILES string of the molecule is CCN1C(=O)/C(=C/C(Cl)=C/c2ccccc2)S/C1=N/c1ccccn1. The maximum absolute atomic E-state index is 12.6. The standard InChI is InChI=1S/C19H16ClN3OS/c1-2-23-18(24)16(13-15(20)12-14-8-4-3-5-9-14)25-19(23)22-17-10-6-7-11-21-17/h3-13H,2H2,1H3/b15-12-,16-13-,22-19+. The van der Waals surface area contributed by atoms with Crippen molar-refractivity contribution in [1.29, 1.82) is 0 Å². The second-order valence-electron chi connectivity index (χ2n) is 5.18. The Hall–Kier alpha value is -2.37. The minimum absolute atomic E-state index is 0.0956. The van der Waals surface area contributed by atoms with Crippen LogP contribution in [0.3, 0.4) is 0 Å². The van der Waals surface area contributed by atoms with Crippen molar-refractivity contribution < 1.29 is 4.79 Å². The van der Waals surface area contributed by atoms with Crippen molar-refractivity contribution in [3.63, 3.8) is 0 Å². The number of carbonyl (C=O) groups excluding carboxylic acids is 1. The monoisotopic (exact) mass is 369 g/mol. The molecule has 0 bridgehead atoms. The Morgan fingerprint density at radius 2 is 2.00 bits per heavy atom. The molecular weight excluding hydrogens is 354 g/mol. The zero-order valence-electron chi connectivity index (χ0n) is 13.6. The van der Waals surface area contributed by atoms with Crippen LogP contribution in [-0.2, 0) is 4.79 Å². The molecular formula is C19H16ClN3OS. The zero-order valence-corrected chi connectivity index (χ0v) is 15.2. The van der Waals surface area contributed by atoms with Gasteiger partial charge in [-0.1, -0.05) is 48.0 Å². The number of allylic oxidation sites excluding steroid dienone is 2. The van der Waals surface area contributed by atoms with Crippen LogP contribution < -0.4 is 0 Å². The molecule has 0 atom stereocenters. The summed E-state index contributed by atoms with van der Waals surface area (Å²) in [6.45, 7) is 2.45. The van der Waals surface area contributed by atoms with E-state index in [0.717, 1.165) is 5.56 Å². The number of hydrogen-bond donors (Lipinski definition) is 0. The first-order chi connectivity index (χ1) is 12.2. The molecule has 1 aliphatic rings. The predicted octanol–water partition coefficient (Wildman–Crippen LogP) is 4.83. The molecule has 126 valence electrons. The number of likely N-dealkylation sites (N-methyl/N-ethyl adjacent to an activating group) is 1. The molecule has 0 N–H and O–H groups in total. The lowest BCUT2D eigenvalue weighted by molar-refractivity contribution is -0.122. The van der Waals surface area contributed by atoms with E-state index in [1.807, 2.05) is 55.5 Å². The van der Waals surface area contributed by atoms with E-state index in [1.165, 1.54) is 11.8 Å². The zero-order chi connectivity index (χ0) is 17.6. The van der Waals surface area contributed by atoms with Crippen LogP contribution in [0.1, 0.15) is 12.5 Å². The molecule has 2 aromatic rings. The molecule has 1 aliphatic heterocycles. The summed E-state index contributed by atoms with van der Waals surface area (Å²) >= 11 is 7.62. The van der Waals surface area contributed by atoms with E-state index in [0.29, 0.717) is 27.5 Å². The van der Waals surface area contributed by atoms with E-state index >= 15 is 0 Å². The molecule has 0 saturated carbocycles. The Kier molecular flexibility index (Phi) is 5.68. The van der Waals surface area contributed by atoms with Crippen LogP contribution in [0.4, 0.5) is 5.82 Å². The van der Waals surface area contributed by atoms with Gasteiger partial charge in [0.15, 0.2) is 11.0 Å². The molecule has 4 nitrogen and oxygen atoms in total. The fourth-order valence-corrected chi connectivity index (χ4v) is 3.60. The average molecular weight is 370 g/mol. The Morgan fingerprint density at radius 1 is 1.24 bits per heavy atom. The molecule has 25 heavy (non-hydrogen) atoms. The minimum atomic E-state index is -0.0956. The van der Waals surface area contributed by atoms with Crippen LogP contribution >= 0.6 is 23.4 Å². The molecule has 0 spiro atoms. The molecule has 1 aromatic heterocycles. The first-order valence-corrected chi connectivity index (χ1v) is 9.00. The molecule has 1 aromatic carbocycles. The van der Waals surface area contributed by atoms with Gasteiger partial charge in [0.2, 0.25) is 0 Å². The number of thioether (sulfide) groups is 1. The van der Waals surface area contributed by atoms with E-state index in [4.69, 9.17) is 11.6 Å². The highest BCUT2D eigenvalue weighted by atomic mass is 35.5. The number of hydrogen-bond acceptors (Lipinski definition) is 4. The lowest BCUT2D eigenvalue weighted by atomic mass is 10.2. The number of aromatic nitrogens is 1. The maximum Gasteiger partial charge on any atom is 0.266 e. The van der Waals surface area contributed by atoms with E-state index in [-0.39, 0.29) is 5.91 Å². The molecule has 6 heteroatoms. The number of halogens is 1. The van der Waals surface area contributed by atoms with Gasteiger partial charge in [0.05, 0.1) is 4.91 Å². The molecule has 0 radical (unpaired) electrons. The largest absolute Gasteiger partial charge is 0.287 e. The van der Waals surface area contributed by atoms with Crippen LogP contribution in [0.25, 0.3) is 6.08 Å². The van der Waals surface area contributed by atoms with E-state index in [2.05, 4.69) is 9.98 Å². The van der Waals surface area contributed by atoms with E-state index in [9.17, 15) is 4.79 Å². The lowest BCUT2D eigenvalue weighted by Crippen LogP contribution is -2.28. The summed E-state index contributed by atoms with van der Waals surface area (Å²) in [5.74, 6) is 0.477. The Labute approximate surface area is 155 Å². The topological polar surface area (TPSA) is 45.6 Å². The van der Waals surface area contributed by atoms with Crippen molar-refractivity contribution in [1.82, 2.24) is 9.88 Å². The number of nitrogens with zero attached hydrogens (tertiary/aromatic N) is 3. The van der Waals surface area contributed by atoms with Gasteiger partial charge in [-0.3, -0.25) is 9.69 Å². The second kappa shape index (κ2) is 8.14. The van der Waals surface area contributed by atoms with Crippen molar-refractivity contribution >= 4 is 46.3 Å². The molecule has 1 amide bonds. The summed E-state index contributed by atoms with van der Waals surface area (Å²) in [5, 5.41) is 1.11. The normalized spacial score (nSPS) is 18.4. The summed E-state index contributed by atoms with van der Waals surface area (Å²) in [5.41, 5.74) is 0.981. The number of amides is 1. The van der Waals surface area contributed by atoms with Crippen LogP contribution in [0.2, 0.25) is 0 Å². The Bertz CT molecular complexity index is 847.